The maximum Gasteiger partial charge on any atom is 0.493 e. The van der Waals surface area contributed by atoms with Gasteiger partial charge in [-0.1, -0.05) is 43.2 Å². The second-order valence-corrected chi connectivity index (χ2v) is 3.90. The van der Waals surface area contributed by atoms with Crippen molar-refractivity contribution >= 4 is 12.6 Å². The fourth-order valence-corrected chi connectivity index (χ4v) is 1.79. The smallest absolute Gasteiger partial charge is 0.407 e. The molecule has 1 aromatic carbocycles. The van der Waals surface area contributed by atoms with Gasteiger partial charge in [0.25, 0.3) is 0 Å². The predicted molar refractivity (Wildman–Crippen MR) is 62.2 cm³/mol. The molecule has 0 spiro atoms. The van der Waals surface area contributed by atoms with Gasteiger partial charge in [0, 0.05) is 13.2 Å². The topological polar surface area (TPSA) is 18.5 Å². The predicted octanol–water partition coefficient (Wildman–Crippen LogP) is 1.99. The van der Waals surface area contributed by atoms with Crippen molar-refractivity contribution < 1.29 is 9.31 Å². The maximum atomic E-state index is 5.73. The summed E-state index contributed by atoms with van der Waals surface area (Å²) in [6.07, 6.45) is 4.80. The van der Waals surface area contributed by atoms with Crippen LogP contribution in [0.4, 0.5) is 0 Å². The van der Waals surface area contributed by atoms with Gasteiger partial charge in [-0.3, -0.25) is 0 Å². The van der Waals surface area contributed by atoms with Gasteiger partial charge in [0.2, 0.25) is 0 Å². The largest absolute Gasteiger partial charge is 0.493 e. The molecule has 0 atom stereocenters. The van der Waals surface area contributed by atoms with Crippen molar-refractivity contribution in [1.82, 2.24) is 0 Å². The lowest BCUT2D eigenvalue weighted by Crippen LogP contribution is -2.37. The van der Waals surface area contributed by atoms with E-state index in [0.29, 0.717) is 0 Å². The standard InChI is InChI=1S/C12H17BO2/c1-2-7-11-15-13(14-10-6-1)12-8-4-3-5-9-12/h3-5,8-9H,1-2,6-7,10-11H2. The molecule has 1 saturated heterocycles. The van der Waals surface area contributed by atoms with Crippen LogP contribution in [0.5, 0.6) is 0 Å². The highest BCUT2D eigenvalue weighted by Crippen LogP contribution is 2.06. The van der Waals surface area contributed by atoms with Crippen LogP contribution in [-0.2, 0) is 9.31 Å². The van der Waals surface area contributed by atoms with Crippen LogP contribution in [0.25, 0.3) is 0 Å². The number of hydrogen-bond acceptors (Lipinski definition) is 2. The van der Waals surface area contributed by atoms with Crippen LogP contribution in [0, 0.1) is 0 Å². The van der Waals surface area contributed by atoms with E-state index in [1.165, 1.54) is 12.8 Å². The Balaban J connectivity index is 1.99. The zero-order chi connectivity index (χ0) is 10.3. The van der Waals surface area contributed by atoms with Gasteiger partial charge in [0.15, 0.2) is 0 Å². The van der Waals surface area contributed by atoms with Crippen molar-refractivity contribution in [1.29, 1.82) is 0 Å². The van der Waals surface area contributed by atoms with Gasteiger partial charge in [0.1, 0.15) is 0 Å². The van der Waals surface area contributed by atoms with Crippen molar-refractivity contribution in [2.45, 2.75) is 25.7 Å². The van der Waals surface area contributed by atoms with E-state index in [1.807, 2.05) is 18.2 Å². The van der Waals surface area contributed by atoms with E-state index >= 15 is 0 Å². The zero-order valence-corrected chi connectivity index (χ0v) is 9.02. The second-order valence-electron chi connectivity index (χ2n) is 3.90. The summed E-state index contributed by atoms with van der Waals surface area (Å²) < 4.78 is 11.5. The molecule has 80 valence electrons. The molecule has 0 bridgehead atoms. The number of hydrogen-bond donors (Lipinski definition) is 0. The molecular formula is C12H17BO2. The van der Waals surface area contributed by atoms with E-state index in [9.17, 15) is 0 Å². The van der Waals surface area contributed by atoms with Gasteiger partial charge < -0.3 is 9.31 Å². The van der Waals surface area contributed by atoms with Crippen LogP contribution < -0.4 is 5.46 Å². The summed E-state index contributed by atoms with van der Waals surface area (Å²) in [6, 6.07) is 10.2. The van der Waals surface area contributed by atoms with E-state index < -0.39 is 0 Å². The van der Waals surface area contributed by atoms with Crippen molar-refractivity contribution in [3.63, 3.8) is 0 Å². The maximum absolute atomic E-state index is 5.73. The summed E-state index contributed by atoms with van der Waals surface area (Å²) in [5, 5.41) is 0. The van der Waals surface area contributed by atoms with Gasteiger partial charge in [-0.05, 0) is 18.3 Å². The average Bonchev–Trinajstić information content (AvgIpc) is 2.43. The van der Waals surface area contributed by atoms with Crippen molar-refractivity contribution in [2.24, 2.45) is 0 Å². The highest BCUT2D eigenvalue weighted by atomic mass is 16.6. The third kappa shape index (κ3) is 3.36. The van der Waals surface area contributed by atoms with Gasteiger partial charge >= 0.3 is 7.12 Å². The minimum absolute atomic E-state index is 0.163. The van der Waals surface area contributed by atoms with E-state index in [2.05, 4.69) is 12.1 Å². The summed E-state index contributed by atoms with van der Waals surface area (Å²) in [4.78, 5) is 0. The Hall–Kier alpha value is -0.795. The SMILES string of the molecule is c1ccc(B2OCCCCCCO2)cc1. The first-order chi connectivity index (χ1) is 7.47. The lowest BCUT2D eigenvalue weighted by atomic mass is 9.79. The Bertz CT molecular complexity index is 266. The van der Waals surface area contributed by atoms with Gasteiger partial charge in [0.05, 0.1) is 0 Å². The summed E-state index contributed by atoms with van der Waals surface area (Å²) in [5.41, 5.74) is 1.12. The molecule has 0 saturated carbocycles. The first-order valence-electron chi connectivity index (χ1n) is 5.75. The quantitative estimate of drug-likeness (QED) is 0.651. The minimum Gasteiger partial charge on any atom is -0.407 e. The highest BCUT2D eigenvalue weighted by molar-refractivity contribution is 6.61. The minimum atomic E-state index is -0.163. The van der Waals surface area contributed by atoms with Crippen LogP contribution in [-0.4, -0.2) is 20.3 Å². The van der Waals surface area contributed by atoms with Crippen molar-refractivity contribution in [3.05, 3.63) is 30.3 Å². The Morgan fingerprint density at radius 2 is 1.40 bits per heavy atom. The molecule has 1 aliphatic heterocycles. The molecule has 0 aliphatic carbocycles. The normalized spacial score (nSPS) is 19.1. The first-order valence-corrected chi connectivity index (χ1v) is 5.75. The number of benzene rings is 1. The lowest BCUT2D eigenvalue weighted by Gasteiger charge is -2.12. The van der Waals surface area contributed by atoms with E-state index in [1.54, 1.807) is 0 Å². The highest BCUT2D eigenvalue weighted by Gasteiger charge is 2.21. The van der Waals surface area contributed by atoms with E-state index in [0.717, 1.165) is 31.5 Å². The summed E-state index contributed by atoms with van der Waals surface area (Å²) in [7, 11) is -0.163. The Kier molecular flexibility index (Phi) is 4.24. The molecule has 3 heteroatoms. The molecule has 0 aromatic heterocycles. The van der Waals surface area contributed by atoms with Crippen LogP contribution in [0.1, 0.15) is 25.7 Å². The first kappa shape index (κ1) is 10.7. The molecule has 2 rings (SSSR count). The van der Waals surface area contributed by atoms with Crippen molar-refractivity contribution in [2.75, 3.05) is 13.2 Å². The third-order valence-electron chi connectivity index (χ3n) is 2.65. The Morgan fingerprint density at radius 3 is 2.00 bits per heavy atom. The fraction of sp³-hybridized carbons (Fsp3) is 0.500. The van der Waals surface area contributed by atoms with Crippen molar-refractivity contribution in [3.8, 4) is 0 Å². The molecule has 1 fully saturated rings. The molecule has 1 heterocycles. The van der Waals surface area contributed by atoms with Gasteiger partial charge in [-0.2, -0.15) is 0 Å². The van der Waals surface area contributed by atoms with E-state index in [-0.39, 0.29) is 7.12 Å². The van der Waals surface area contributed by atoms with Crippen LogP contribution in [0.2, 0.25) is 0 Å². The molecule has 0 unspecified atom stereocenters. The molecule has 0 radical (unpaired) electrons. The molecule has 0 N–H and O–H groups in total. The molecule has 2 nitrogen and oxygen atoms in total. The third-order valence-corrected chi connectivity index (χ3v) is 2.65. The van der Waals surface area contributed by atoms with Crippen LogP contribution in [0.15, 0.2) is 30.3 Å². The zero-order valence-electron chi connectivity index (χ0n) is 9.02. The molecule has 0 amide bonds. The summed E-state index contributed by atoms with van der Waals surface area (Å²) in [5.74, 6) is 0. The molecular weight excluding hydrogens is 187 g/mol. The lowest BCUT2D eigenvalue weighted by molar-refractivity contribution is 0.214. The molecule has 1 aliphatic rings. The summed E-state index contributed by atoms with van der Waals surface area (Å²) >= 11 is 0. The monoisotopic (exact) mass is 204 g/mol. The average molecular weight is 204 g/mol. The Morgan fingerprint density at radius 1 is 0.800 bits per heavy atom. The Labute approximate surface area is 91.7 Å². The van der Waals surface area contributed by atoms with Crippen LogP contribution >= 0.6 is 0 Å². The van der Waals surface area contributed by atoms with E-state index in [4.69, 9.17) is 9.31 Å². The van der Waals surface area contributed by atoms with Crippen LogP contribution in [0.3, 0.4) is 0 Å². The fourth-order valence-electron chi connectivity index (χ4n) is 1.79. The molecule has 1 aromatic rings. The summed E-state index contributed by atoms with van der Waals surface area (Å²) in [6.45, 7) is 1.61. The van der Waals surface area contributed by atoms with Gasteiger partial charge in [-0.25, -0.2) is 0 Å². The number of rotatable bonds is 1. The second kappa shape index (κ2) is 5.94. The molecule has 15 heavy (non-hydrogen) atoms. The van der Waals surface area contributed by atoms with Gasteiger partial charge in [-0.15, -0.1) is 0 Å².